The highest BCUT2D eigenvalue weighted by Gasteiger charge is 2.27. The van der Waals surface area contributed by atoms with Crippen molar-refractivity contribution in [2.24, 2.45) is 5.92 Å². The van der Waals surface area contributed by atoms with E-state index in [9.17, 15) is 4.79 Å². The van der Waals surface area contributed by atoms with Gasteiger partial charge in [-0.05, 0) is 24.6 Å². The lowest BCUT2D eigenvalue weighted by atomic mass is 10.1. The maximum absolute atomic E-state index is 12.3. The number of hydrogen-bond donors (Lipinski definition) is 1. The summed E-state index contributed by atoms with van der Waals surface area (Å²) in [6.45, 7) is 2.24. The molecule has 0 bridgehead atoms. The van der Waals surface area contributed by atoms with Gasteiger partial charge in [0.1, 0.15) is 0 Å². The van der Waals surface area contributed by atoms with Crippen LogP contribution in [-0.2, 0) is 4.74 Å². The van der Waals surface area contributed by atoms with Crippen molar-refractivity contribution in [2.45, 2.75) is 6.42 Å². The number of ether oxygens (including phenoxy) is 1. The molecule has 0 aliphatic carbocycles. The van der Waals surface area contributed by atoms with Crippen molar-refractivity contribution < 1.29 is 9.53 Å². The molecule has 1 unspecified atom stereocenters. The SMILES string of the molecule is COCC1CCN(C(=O)c2ccc(Br)cc2N)C1. The van der Waals surface area contributed by atoms with E-state index in [2.05, 4.69) is 15.9 Å². The molecule has 5 heteroatoms. The van der Waals surface area contributed by atoms with Crippen LogP contribution in [-0.4, -0.2) is 37.6 Å². The molecular formula is C13H17BrN2O2. The van der Waals surface area contributed by atoms with Gasteiger partial charge in [0.05, 0.1) is 12.2 Å². The number of carbonyl (C=O) groups excluding carboxylic acids is 1. The standard InChI is InChI=1S/C13H17BrN2O2/c1-18-8-9-4-5-16(7-9)13(17)11-3-2-10(14)6-12(11)15/h2-3,6,9H,4-5,7-8,15H2,1H3. The third-order valence-electron chi connectivity index (χ3n) is 3.22. The van der Waals surface area contributed by atoms with Crippen LogP contribution >= 0.6 is 15.9 Å². The summed E-state index contributed by atoms with van der Waals surface area (Å²) < 4.78 is 6.01. The van der Waals surface area contributed by atoms with Gasteiger partial charge in [-0.2, -0.15) is 0 Å². The predicted octanol–water partition coefficient (Wildman–Crippen LogP) is 2.14. The molecule has 1 aromatic rings. The summed E-state index contributed by atoms with van der Waals surface area (Å²) in [5, 5.41) is 0. The Morgan fingerprint density at radius 1 is 1.61 bits per heavy atom. The van der Waals surface area contributed by atoms with E-state index in [1.807, 2.05) is 11.0 Å². The summed E-state index contributed by atoms with van der Waals surface area (Å²) in [5.41, 5.74) is 6.98. The third-order valence-corrected chi connectivity index (χ3v) is 3.71. The Kier molecular flexibility index (Phi) is 4.24. The molecule has 1 atom stereocenters. The van der Waals surface area contributed by atoms with E-state index in [0.29, 0.717) is 23.8 Å². The maximum atomic E-state index is 12.3. The largest absolute Gasteiger partial charge is 0.398 e. The number of likely N-dealkylation sites (tertiary alicyclic amines) is 1. The summed E-state index contributed by atoms with van der Waals surface area (Å²) >= 11 is 3.34. The third kappa shape index (κ3) is 2.84. The van der Waals surface area contributed by atoms with Crippen LogP contribution in [0.2, 0.25) is 0 Å². The van der Waals surface area contributed by atoms with Gasteiger partial charge in [-0.3, -0.25) is 4.79 Å². The van der Waals surface area contributed by atoms with Crippen LogP contribution in [0.15, 0.2) is 22.7 Å². The van der Waals surface area contributed by atoms with Crippen molar-refractivity contribution in [3.05, 3.63) is 28.2 Å². The van der Waals surface area contributed by atoms with Gasteiger partial charge in [-0.1, -0.05) is 15.9 Å². The van der Waals surface area contributed by atoms with E-state index in [-0.39, 0.29) is 5.91 Å². The summed E-state index contributed by atoms with van der Waals surface area (Å²) in [7, 11) is 1.69. The van der Waals surface area contributed by atoms with Crippen molar-refractivity contribution in [3.8, 4) is 0 Å². The van der Waals surface area contributed by atoms with Gasteiger partial charge in [0.15, 0.2) is 0 Å². The van der Waals surface area contributed by atoms with Gasteiger partial charge < -0.3 is 15.4 Å². The molecule has 1 amide bonds. The average molecular weight is 313 g/mol. The smallest absolute Gasteiger partial charge is 0.255 e. The van der Waals surface area contributed by atoms with Gasteiger partial charge in [0.25, 0.3) is 5.91 Å². The molecule has 4 nitrogen and oxygen atoms in total. The molecule has 1 heterocycles. The Balaban J connectivity index is 2.08. The van der Waals surface area contributed by atoms with Crippen molar-refractivity contribution in [2.75, 3.05) is 32.5 Å². The second-order valence-corrected chi connectivity index (χ2v) is 5.51. The first kappa shape index (κ1) is 13.4. The van der Waals surface area contributed by atoms with E-state index >= 15 is 0 Å². The molecule has 1 fully saturated rings. The van der Waals surface area contributed by atoms with Crippen LogP contribution in [0, 0.1) is 5.92 Å². The Hall–Kier alpha value is -1.07. The summed E-state index contributed by atoms with van der Waals surface area (Å²) in [5.74, 6) is 0.453. The number of nitrogens with zero attached hydrogens (tertiary/aromatic N) is 1. The molecule has 0 spiro atoms. The van der Waals surface area contributed by atoms with Gasteiger partial charge in [0, 0.05) is 36.3 Å². The van der Waals surface area contributed by atoms with Gasteiger partial charge in [0.2, 0.25) is 0 Å². The first-order chi connectivity index (χ1) is 8.61. The highest BCUT2D eigenvalue weighted by Crippen LogP contribution is 2.23. The second-order valence-electron chi connectivity index (χ2n) is 4.59. The Bertz CT molecular complexity index is 451. The number of methoxy groups -OCH3 is 1. The Morgan fingerprint density at radius 2 is 2.39 bits per heavy atom. The molecule has 98 valence electrons. The lowest BCUT2D eigenvalue weighted by molar-refractivity contribution is 0.0776. The van der Waals surface area contributed by atoms with Crippen molar-refractivity contribution in [1.29, 1.82) is 0 Å². The normalized spacial score (nSPS) is 19.2. The number of nitrogens with two attached hydrogens (primary N) is 1. The summed E-state index contributed by atoms with van der Waals surface area (Å²) in [6.07, 6.45) is 0.996. The average Bonchev–Trinajstić information content (AvgIpc) is 2.77. The molecule has 18 heavy (non-hydrogen) atoms. The number of rotatable bonds is 3. The molecule has 0 aromatic heterocycles. The number of nitrogen functional groups attached to an aromatic ring is 1. The minimum Gasteiger partial charge on any atom is -0.398 e. The monoisotopic (exact) mass is 312 g/mol. The zero-order valence-electron chi connectivity index (χ0n) is 10.4. The van der Waals surface area contributed by atoms with Crippen molar-refractivity contribution >= 4 is 27.5 Å². The number of hydrogen-bond acceptors (Lipinski definition) is 3. The molecule has 2 rings (SSSR count). The zero-order chi connectivity index (χ0) is 13.1. The van der Waals surface area contributed by atoms with Gasteiger partial charge in [-0.25, -0.2) is 0 Å². The van der Waals surface area contributed by atoms with Crippen LogP contribution in [0.25, 0.3) is 0 Å². The highest BCUT2D eigenvalue weighted by atomic mass is 79.9. The van der Waals surface area contributed by atoms with E-state index in [0.717, 1.165) is 24.0 Å². The predicted molar refractivity (Wildman–Crippen MR) is 74.4 cm³/mol. The minimum absolute atomic E-state index is 0.0126. The molecule has 0 radical (unpaired) electrons. The van der Waals surface area contributed by atoms with Gasteiger partial charge >= 0.3 is 0 Å². The number of carbonyl (C=O) groups is 1. The fourth-order valence-electron chi connectivity index (χ4n) is 2.29. The topological polar surface area (TPSA) is 55.6 Å². The van der Waals surface area contributed by atoms with Crippen LogP contribution in [0.3, 0.4) is 0 Å². The second kappa shape index (κ2) is 5.71. The fourth-order valence-corrected chi connectivity index (χ4v) is 2.67. The Labute approximate surface area is 115 Å². The first-order valence-corrected chi connectivity index (χ1v) is 6.74. The van der Waals surface area contributed by atoms with Crippen LogP contribution in [0.1, 0.15) is 16.8 Å². The number of benzene rings is 1. The minimum atomic E-state index is 0.0126. The number of anilines is 1. The zero-order valence-corrected chi connectivity index (χ0v) is 11.9. The van der Waals surface area contributed by atoms with Crippen LogP contribution < -0.4 is 5.73 Å². The quantitative estimate of drug-likeness (QED) is 0.870. The molecule has 1 aliphatic heterocycles. The number of amides is 1. The number of halogens is 1. The van der Waals surface area contributed by atoms with E-state index in [1.54, 1.807) is 19.2 Å². The van der Waals surface area contributed by atoms with E-state index in [4.69, 9.17) is 10.5 Å². The van der Waals surface area contributed by atoms with Gasteiger partial charge in [-0.15, -0.1) is 0 Å². The molecule has 1 aliphatic rings. The molecule has 2 N–H and O–H groups in total. The first-order valence-electron chi connectivity index (χ1n) is 5.95. The molecule has 1 aromatic carbocycles. The summed E-state index contributed by atoms with van der Waals surface area (Å²) in [6, 6.07) is 5.37. The summed E-state index contributed by atoms with van der Waals surface area (Å²) in [4.78, 5) is 14.2. The van der Waals surface area contributed by atoms with Crippen molar-refractivity contribution in [1.82, 2.24) is 4.90 Å². The van der Waals surface area contributed by atoms with E-state index in [1.165, 1.54) is 0 Å². The highest BCUT2D eigenvalue weighted by molar-refractivity contribution is 9.10. The van der Waals surface area contributed by atoms with Crippen LogP contribution in [0.4, 0.5) is 5.69 Å². The lowest BCUT2D eigenvalue weighted by Gasteiger charge is -2.17. The lowest BCUT2D eigenvalue weighted by Crippen LogP contribution is -2.29. The van der Waals surface area contributed by atoms with Crippen LogP contribution in [0.5, 0.6) is 0 Å². The molecule has 0 saturated carbocycles. The van der Waals surface area contributed by atoms with Crippen molar-refractivity contribution in [3.63, 3.8) is 0 Å². The molecule has 1 saturated heterocycles. The Morgan fingerprint density at radius 3 is 3.06 bits per heavy atom. The fraction of sp³-hybridized carbons (Fsp3) is 0.462. The van der Waals surface area contributed by atoms with E-state index < -0.39 is 0 Å². The maximum Gasteiger partial charge on any atom is 0.255 e. The molecular weight excluding hydrogens is 296 g/mol.